The second kappa shape index (κ2) is 6.66. The Morgan fingerprint density at radius 2 is 1.56 bits per heavy atom. The lowest BCUT2D eigenvalue weighted by Gasteiger charge is -2.10. The minimum absolute atomic E-state index is 0.294. The van der Waals surface area contributed by atoms with E-state index >= 15 is 0 Å². The molecule has 0 fully saturated rings. The largest absolute Gasteiger partial charge is 0.374 e. The molecule has 0 spiro atoms. The smallest absolute Gasteiger partial charge is 0.0720 e. The molecule has 1 aromatic carbocycles. The maximum atomic E-state index is 5.55. The van der Waals surface area contributed by atoms with Crippen molar-refractivity contribution in [2.75, 3.05) is 0 Å². The SMILES string of the molecule is CC(C)NCc1ccc(COC(C)C)cc1. The Balaban J connectivity index is 2.41. The number of nitrogens with one attached hydrogen (secondary N) is 1. The van der Waals surface area contributed by atoms with E-state index in [9.17, 15) is 0 Å². The first-order valence-electron chi connectivity index (χ1n) is 6.00. The molecular formula is C14H23NO. The van der Waals surface area contributed by atoms with Crippen molar-refractivity contribution < 1.29 is 4.74 Å². The highest BCUT2D eigenvalue weighted by Crippen LogP contribution is 2.07. The Labute approximate surface area is 99.0 Å². The monoisotopic (exact) mass is 221 g/mol. The van der Waals surface area contributed by atoms with E-state index in [0.717, 1.165) is 6.54 Å². The lowest BCUT2D eigenvalue weighted by atomic mass is 10.1. The standard InChI is InChI=1S/C14H23NO/c1-11(2)15-9-13-5-7-14(8-6-13)10-16-12(3)4/h5-8,11-12,15H,9-10H2,1-4H3. The van der Waals surface area contributed by atoms with Crippen molar-refractivity contribution in [3.8, 4) is 0 Å². The lowest BCUT2D eigenvalue weighted by Crippen LogP contribution is -2.21. The van der Waals surface area contributed by atoms with Crippen molar-refractivity contribution in [1.29, 1.82) is 0 Å². The van der Waals surface area contributed by atoms with E-state index in [1.807, 2.05) is 0 Å². The maximum Gasteiger partial charge on any atom is 0.0720 e. The molecule has 0 bridgehead atoms. The molecule has 0 unspecified atom stereocenters. The molecule has 0 radical (unpaired) electrons. The van der Waals surface area contributed by atoms with E-state index in [-0.39, 0.29) is 0 Å². The van der Waals surface area contributed by atoms with E-state index in [1.165, 1.54) is 11.1 Å². The summed E-state index contributed by atoms with van der Waals surface area (Å²) in [7, 11) is 0. The lowest BCUT2D eigenvalue weighted by molar-refractivity contribution is 0.0657. The van der Waals surface area contributed by atoms with Crippen LogP contribution in [0.3, 0.4) is 0 Å². The summed E-state index contributed by atoms with van der Waals surface area (Å²) in [5, 5.41) is 3.40. The average molecular weight is 221 g/mol. The molecule has 0 aliphatic carbocycles. The third-order valence-electron chi connectivity index (χ3n) is 2.32. The molecule has 0 saturated heterocycles. The molecule has 0 aromatic heterocycles. The zero-order chi connectivity index (χ0) is 12.0. The molecule has 0 amide bonds. The van der Waals surface area contributed by atoms with Crippen LogP contribution in [0, 0.1) is 0 Å². The topological polar surface area (TPSA) is 21.3 Å². The highest BCUT2D eigenvalue weighted by atomic mass is 16.5. The van der Waals surface area contributed by atoms with Gasteiger partial charge in [0.2, 0.25) is 0 Å². The summed E-state index contributed by atoms with van der Waals surface area (Å²) in [4.78, 5) is 0. The van der Waals surface area contributed by atoms with E-state index in [0.29, 0.717) is 18.8 Å². The Hall–Kier alpha value is -0.860. The van der Waals surface area contributed by atoms with Gasteiger partial charge in [-0.3, -0.25) is 0 Å². The van der Waals surface area contributed by atoms with Gasteiger partial charge in [0.25, 0.3) is 0 Å². The second-order valence-corrected chi connectivity index (χ2v) is 4.71. The number of hydrogen-bond acceptors (Lipinski definition) is 2. The van der Waals surface area contributed by atoms with Gasteiger partial charge < -0.3 is 10.1 Å². The zero-order valence-corrected chi connectivity index (χ0v) is 10.8. The summed E-state index contributed by atoms with van der Waals surface area (Å²) in [5.41, 5.74) is 2.56. The normalized spacial score (nSPS) is 11.4. The number of ether oxygens (including phenoxy) is 1. The molecule has 2 heteroatoms. The van der Waals surface area contributed by atoms with Crippen LogP contribution in [0.25, 0.3) is 0 Å². The number of benzene rings is 1. The molecule has 0 heterocycles. The van der Waals surface area contributed by atoms with Crippen LogP contribution in [-0.2, 0) is 17.9 Å². The van der Waals surface area contributed by atoms with Crippen LogP contribution in [0.15, 0.2) is 24.3 Å². The minimum atomic E-state index is 0.294. The fourth-order valence-corrected chi connectivity index (χ4v) is 1.34. The van der Waals surface area contributed by atoms with Crippen molar-refractivity contribution in [3.63, 3.8) is 0 Å². The molecule has 1 rings (SSSR count). The highest BCUT2D eigenvalue weighted by molar-refractivity contribution is 5.21. The third-order valence-corrected chi connectivity index (χ3v) is 2.32. The first-order chi connectivity index (χ1) is 7.58. The summed E-state index contributed by atoms with van der Waals surface area (Å²) < 4.78 is 5.55. The van der Waals surface area contributed by atoms with Gasteiger partial charge in [-0.15, -0.1) is 0 Å². The van der Waals surface area contributed by atoms with Crippen LogP contribution in [0.5, 0.6) is 0 Å². The van der Waals surface area contributed by atoms with Gasteiger partial charge in [0.1, 0.15) is 0 Å². The quantitative estimate of drug-likeness (QED) is 0.797. The van der Waals surface area contributed by atoms with Gasteiger partial charge in [-0.05, 0) is 25.0 Å². The molecule has 0 aliphatic heterocycles. The van der Waals surface area contributed by atoms with Gasteiger partial charge in [-0.2, -0.15) is 0 Å². The predicted octanol–water partition coefficient (Wildman–Crippen LogP) is 3.11. The van der Waals surface area contributed by atoms with Crippen LogP contribution in [0.1, 0.15) is 38.8 Å². The molecular weight excluding hydrogens is 198 g/mol. The van der Waals surface area contributed by atoms with Gasteiger partial charge in [-0.1, -0.05) is 38.1 Å². The highest BCUT2D eigenvalue weighted by Gasteiger charge is 1.98. The molecule has 1 aromatic rings. The molecule has 0 atom stereocenters. The summed E-state index contributed by atoms with van der Waals surface area (Å²) in [6.45, 7) is 10.1. The van der Waals surface area contributed by atoms with Crippen molar-refractivity contribution in [3.05, 3.63) is 35.4 Å². The van der Waals surface area contributed by atoms with Crippen LogP contribution in [0.4, 0.5) is 0 Å². The van der Waals surface area contributed by atoms with Gasteiger partial charge in [0, 0.05) is 12.6 Å². The molecule has 2 nitrogen and oxygen atoms in total. The van der Waals surface area contributed by atoms with Crippen LogP contribution in [-0.4, -0.2) is 12.1 Å². The van der Waals surface area contributed by atoms with E-state index < -0.39 is 0 Å². The molecule has 16 heavy (non-hydrogen) atoms. The molecule has 0 saturated carbocycles. The van der Waals surface area contributed by atoms with E-state index in [2.05, 4.69) is 57.3 Å². The molecule has 1 N–H and O–H groups in total. The summed E-state index contributed by atoms with van der Waals surface area (Å²) >= 11 is 0. The summed E-state index contributed by atoms with van der Waals surface area (Å²) in [6.07, 6.45) is 0.294. The van der Waals surface area contributed by atoms with E-state index in [4.69, 9.17) is 4.74 Å². The van der Waals surface area contributed by atoms with Crippen molar-refractivity contribution in [2.24, 2.45) is 0 Å². The van der Waals surface area contributed by atoms with Gasteiger partial charge in [0.05, 0.1) is 12.7 Å². The van der Waals surface area contributed by atoms with Crippen molar-refractivity contribution in [1.82, 2.24) is 5.32 Å². The summed E-state index contributed by atoms with van der Waals surface area (Å²) in [6, 6.07) is 9.13. The third kappa shape index (κ3) is 5.29. The fourth-order valence-electron chi connectivity index (χ4n) is 1.34. The molecule has 90 valence electrons. The Morgan fingerprint density at radius 1 is 1.00 bits per heavy atom. The minimum Gasteiger partial charge on any atom is -0.374 e. The van der Waals surface area contributed by atoms with Gasteiger partial charge in [0.15, 0.2) is 0 Å². The van der Waals surface area contributed by atoms with Crippen molar-refractivity contribution in [2.45, 2.75) is 53.0 Å². The van der Waals surface area contributed by atoms with Crippen LogP contribution >= 0.6 is 0 Å². The van der Waals surface area contributed by atoms with E-state index in [1.54, 1.807) is 0 Å². The average Bonchev–Trinajstić information content (AvgIpc) is 2.25. The summed E-state index contributed by atoms with van der Waals surface area (Å²) in [5.74, 6) is 0. The first kappa shape index (κ1) is 13.2. The van der Waals surface area contributed by atoms with Gasteiger partial charge >= 0.3 is 0 Å². The van der Waals surface area contributed by atoms with Gasteiger partial charge in [-0.25, -0.2) is 0 Å². The fraction of sp³-hybridized carbons (Fsp3) is 0.571. The Kier molecular flexibility index (Phi) is 5.50. The second-order valence-electron chi connectivity index (χ2n) is 4.71. The van der Waals surface area contributed by atoms with Crippen molar-refractivity contribution >= 4 is 0 Å². The number of hydrogen-bond donors (Lipinski definition) is 1. The Morgan fingerprint density at radius 3 is 2.06 bits per heavy atom. The predicted molar refractivity (Wildman–Crippen MR) is 68.3 cm³/mol. The Bertz CT molecular complexity index is 259. The zero-order valence-electron chi connectivity index (χ0n) is 10.8. The van der Waals surface area contributed by atoms with Crippen LogP contribution < -0.4 is 5.32 Å². The number of rotatable bonds is 6. The maximum absolute atomic E-state index is 5.55. The van der Waals surface area contributed by atoms with Crippen LogP contribution in [0.2, 0.25) is 0 Å². The molecule has 0 aliphatic rings. The first-order valence-corrected chi connectivity index (χ1v) is 6.00.